The van der Waals surface area contributed by atoms with Crippen LogP contribution in [0.2, 0.25) is 15.1 Å². The van der Waals surface area contributed by atoms with Gasteiger partial charge in [0, 0.05) is 91.2 Å². The molecular weight excluding hydrogens is 1790 g/mol. The number of carbonyl (C=O) groups is 3. The van der Waals surface area contributed by atoms with Crippen molar-refractivity contribution in [3.05, 3.63) is 310 Å². The molecule has 2 unspecified atom stereocenters. The summed E-state index contributed by atoms with van der Waals surface area (Å²) < 4.78 is 122. The second kappa shape index (κ2) is 47.0. The average Bonchev–Trinajstić information content (AvgIpc) is 1.65. The summed E-state index contributed by atoms with van der Waals surface area (Å²) in [6, 6.07) is 78.5. The topological polar surface area (TPSA) is 308 Å². The van der Waals surface area contributed by atoms with Crippen molar-refractivity contribution in [2.24, 2.45) is 5.14 Å². The Hall–Kier alpha value is -11.9. The number of primary sulfonamides is 1. The van der Waals surface area contributed by atoms with Crippen LogP contribution in [0.4, 0.5) is 31.4 Å². The zero-order chi connectivity index (χ0) is 92.4. The van der Waals surface area contributed by atoms with Gasteiger partial charge in [-0.15, -0.1) is 0 Å². The fourth-order valence-electron chi connectivity index (χ4n) is 15.5. The summed E-state index contributed by atoms with van der Waals surface area (Å²) >= 11 is 17.9. The van der Waals surface area contributed by atoms with E-state index in [0.717, 1.165) is 84.4 Å². The van der Waals surface area contributed by atoms with Crippen molar-refractivity contribution in [3.8, 4) is 63.2 Å². The maximum atomic E-state index is 14.4. The molecule has 11 aromatic rings. The Labute approximate surface area is 784 Å². The van der Waals surface area contributed by atoms with Crippen molar-refractivity contribution >= 4 is 90.0 Å². The number of hydrogen-bond donors (Lipinski definition) is 3. The zero-order valence-corrected chi connectivity index (χ0v) is 76.9. The predicted octanol–water partition coefficient (Wildman–Crippen LogP) is 19.2. The van der Waals surface area contributed by atoms with E-state index in [2.05, 4.69) is 5.32 Å². The van der Waals surface area contributed by atoms with Crippen molar-refractivity contribution in [3.63, 3.8) is 0 Å². The van der Waals surface area contributed by atoms with E-state index in [9.17, 15) is 31.2 Å². The number of rotatable bonds is 38. The van der Waals surface area contributed by atoms with Crippen LogP contribution in [-0.4, -0.2) is 178 Å². The van der Waals surface area contributed by atoms with E-state index in [1.165, 1.54) is 9.21 Å². The Kier molecular flexibility index (Phi) is 34.2. The highest BCUT2D eigenvalue weighted by atomic mass is 35.5. The van der Waals surface area contributed by atoms with Gasteiger partial charge in [0.25, 0.3) is 0 Å². The van der Waals surface area contributed by atoms with Crippen LogP contribution in [0, 0.1) is 0 Å². The van der Waals surface area contributed by atoms with E-state index in [0.29, 0.717) is 124 Å². The highest BCUT2D eigenvalue weighted by Gasteiger charge is 2.42. The molecule has 694 valence electrons. The van der Waals surface area contributed by atoms with E-state index < -0.39 is 32.1 Å². The van der Waals surface area contributed by atoms with Crippen LogP contribution in [0.5, 0.6) is 63.2 Å². The number of amides is 6. The standard InChI is InChI=1S/C46H50ClN3O9S.C28H29ClN2O5.C25H26ClN3O6S/c1-54-39-17-9-34(10-18-39)31-49(32-35-11-19-40(55-2)20-12-35)60(52,53)29-25-48-33-44(36-6-5-7-43(30-36)56-27-28-58-45-8-3-4-26-57-45)50(46(48)51)38-15-23-42(24-16-38)59-41-21-13-37(47)14-22-41;29-21-7-11-23(12-8-21)36-24-13-9-22(10-14-24)31-26(19-30-28(31)32)20-4-3-5-25(18-20)33-16-17-35-27-6-1-2-15-34-27;26-19-4-8-21(9-5-19)35-22-10-6-20(7-11-22)29-24(17-28(25(29)31)12-15-36(27,32)33)18-2-1-3-23(16-18)34-14-13-30/h5-7,9-24,30,44-45H,3-4,8,25-29,31-33H2,1-2H3;3-5,7-14,18,26-27H,1-2,6,15-17,19H2,(H,30,32);1-11,16,24,30H,12-15,17H2,(H2,27,32,33)/t44-,45?;26-,27?;24-/m111/s1. The molecule has 5 aliphatic rings. The number of hydrogen-bond acceptors (Lipinski definition) is 20. The first-order valence-electron chi connectivity index (χ1n) is 43.4. The molecule has 0 radical (unpaired) electrons. The monoisotopic (exact) mass is 1890 g/mol. The minimum atomic E-state index is -3.90. The normalized spacial score (nSPS) is 17.4. The maximum Gasteiger partial charge on any atom is 0.325 e. The van der Waals surface area contributed by atoms with Crippen molar-refractivity contribution in [2.75, 3.05) is 126 Å². The van der Waals surface area contributed by atoms with Gasteiger partial charge in [-0.3, -0.25) is 14.7 Å². The van der Waals surface area contributed by atoms with Gasteiger partial charge in [-0.1, -0.05) is 95.5 Å². The van der Waals surface area contributed by atoms with Crippen molar-refractivity contribution in [1.29, 1.82) is 0 Å². The van der Waals surface area contributed by atoms with E-state index in [4.69, 9.17) is 102 Å². The van der Waals surface area contributed by atoms with Gasteiger partial charge in [0.2, 0.25) is 20.0 Å². The number of nitrogens with two attached hydrogens (primary N) is 1. The third-order valence-corrected chi connectivity index (χ3v) is 25.5. The number of anilines is 3. The largest absolute Gasteiger partial charge is 0.497 e. The quantitative estimate of drug-likeness (QED) is 0.0303. The molecule has 16 rings (SSSR count). The predicted molar refractivity (Wildman–Crippen MR) is 506 cm³/mol. The number of benzene rings is 11. The highest BCUT2D eigenvalue weighted by molar-refractivity contribution is 7.89. The second-order valence-electron chi connectivity index (χ2n) is 31.4. The number of nitrogens with one attached hydrogen (secondary N) is 1. The summed E-state index contributed by atoms with van der Waals surface area (Å²) in [5, 5.41) is 19.0. The Bertz CT molecular complexity index is 5760. The molecular formula is C99H105Cl3N8O20S2. The van der Waals surface area contributed by atoms with Gasteiger partial charge in [0.15, 0.2) is 12.6 Å². The van der Waals surface area contributed by atoms with Crippen LogP contribution in [0.25, 0.3) is 0 Å². The molecule has 6 amide bonds. The number of carbonyl (C=O) groups excluding carboxylic acids is 3. The molecule has 5 aliphatic heterocycles. The molecule has 5 heterocycles. The van der Waals surface area contributed by atoms with Gasteiger partial charge in [-0.25, -0.2) is 36.4 Å². The molecule has 28 nitrogen and oxygen atoms in total. The minimum absolute atomic E-state index is 0.0234. The smallest absolute Gasteiger partial charge is 0.325 e. The van der Waals surface area contributed by atoms with Crippen molar-refractivity contribution in [1.82, 2.24) is 19.4 Å². The molecule has 0 saturated carbocycles. The number of ether oxygens (including phenoxy) is 12. The summed E-state index contributed by atoms with van der Waals surface area (Å²) in [5.41, 5.74) is 6.27. The number of methoxy groups -OCH3 is 2. The molecule has 132 heavy (non-hydrogen) atoms. The minimum Gasteiger partial charge on any atom is -0.497 e. The van der Waals surface area contributed by atoms with Crippen LogP contribution >= 0.6 is 34.8 Å². The van der Waals surface area contributed by atoms with Gasteiger partial charge in [0.1, 0.15) is 83.1 Å². The molecule has 11 aromatic carbocycles. The number of aliphatic hydroxyl groups excluding tert-OH is 1. The first kappa shape index (κ1) is 96.2. The summed E-state index contributed by atoms with van der Waals surface area (Å²) in [7, 11) is -4.46. The molecule has 33 heteroatoms. The molecule has 0 aromatic heterocycles. The fourth-order valence-corrected chi connectivity index (χ4v) is 17.7. The van der Waals surface area contributed by atoms with E-state index in [1.807, 2.05) is 158 Å². The van der Waals surface area contributed by atoms with Crippen molar-refractivity contribution < 1.29 is 93.2 Å². The van der Waals surface area contributed by atoms with Gasteiger partial charge in [-0.2, -0.15) is 4.31 Å². The Morgan fingerprint density at radius 1 is 0.417 bits per heavy atom. The van der Waals surface area contributed by atoms with E-state index in [1.54, 1.807) is 143 Å². The molecule has 0 aliphatic carbocycles. The molecule has 4 N–H and O–H groups in total. The van der Waals surface area contributed by atoms with Crippen LogP contribution < -0.4 is 63.1 Å². The van der Waals surface area contributed by atoms with Crippen LogP contribution in [0.1, 0.15) is 84.5 Å². The third-order valence-electron chi connectivity index (χ3n) is 22.2. The van der Waals surface area contributed by atoms with E-state index >= 15 is 0 Å². The number of aliphatic hydroxyl groups is 1. The highest BCUT2D eigenvalue weighted by Crippen LogP contribution is 2.42. The third kappa shape index (κ3) is 27.4. The molecule has 5 saturated heterocycles. The van der Waals surface area contributed by atoms with Crippen LogP contribution in [0.15, 0.2) is 267 Å². The second-order valence-corrected chi connectivity index (χ2v) is 36.5. The molecule has 0 spiro atoms. The van der Waals surface area contributed by atoms with Crippen LogP contribution in [-0.2, 0) is 52.1 Å². The lowest BCUT2D eigenvalue weighted by Crippen LogP contribution is -2.39. The lowest BCUT2D eigenvalue weighted by molar-refractivity contribution is -0.165. The summed E-state index contributed by atoms with van der Waals surface area (Å²) in [6.45, 7) is 4.35. The van der Waals surface area contributed by atoms with Crippen molar-refractivity contribution in [2.45, 2.75) is 82.3 Å². The Morgan fingerprint density at radius 3 is 1.12 bits per heavy atom. The lowest BCUT2D eigenvalue weighted by atomic mass is 10.1. The fraction of sp³-hybridized carbons (Fsp3) is 0.303. The molecule has 5 fully saturated rings. The number of sulfonamides is 2. The summed E-state index contributed by atoms with van der Waals surface area (Å²) in [6.07, 6.45) is 5.83. The molecule has 5 atom stereocenters. The Morgan fingerprint density at radius 2 is 0.765 bits per heavy atom. The first-order valence-corrected chi connectivity index (χ1v) is 47.9. The lowest BCUT2D eigenvalue weighted by Gasteiger charge is -2.25. The molecule has 0 bridgehead atoms. The number of halogens is 3. The average molecular weight is 1900 g/mol. The maximum absolute atomic E-state index is 14.4. The SMILES string of the molecule is COc1ccc(CN(Cc2ccc(OC)cc2)S(=O)(=O)CCN2C[C@H](c3cccc(OCCOC4CCCCO4)c3)N(c3ccc(Oc4ccc(Cl)cc4)cc3)C2=O)cc1.NS(=O)(=O)CCN1C[C@H](c2cccc(OCCO)c2)N(c2ccc(Oc3ccc(Cl)cc3)cc2)C1=O.O=C1NC[C@H](c2cccc(OCCOC3CCCCO3)c2)N1c1ccc(Oc2ccc(Cl)cc2)cc1. The van der Waals surface area contributed by atoms with E-state index in [-0.39, 0.29) is 101 Å². The number of nitrogens with zero attached hydrogens (tertiary/aromatic N) is 6. The first-order chi connectivity index (χ1) is 64.0. The van der Waals surface area contributed by atoms with Gasteiger partial charge < -0.3 is 77.1 Å². The summed E-state index contributed by atoms with van der Waals surface area (Å²) in [5.74, 6) is 6.43. The van der Waals surface area contributed by atoms with Gasteiger partial charge in [0.05, 0.1) is 63.7 Å². The van der Waals surface area contributed by atoms with Crippen LogP contribution in [0.3, 0.4) is 0 Å². The van der Waals surface area contributed by atoms with Gasteiger partial charge >= 0.3 is 18.1 Å². The number of urea groups is 3. The summed E-state index contributed by atoms with van der Waals surface area (Å²) in [4.78, 5) is 48.7. The zero-order valence-electron chi connectivity index (χ0n) is 73.0. The Balaban J connectivity index is 0.000000168. The van der Waals surface area contributed by atoms with Gasteiger partial charge in [-0.05, 0) is 273 Å².